The van der Waals surface area contributed by atoms with Crippen molar-refractivity contribution in [2.75, 3.05) is 6.26 Å². The Hall–Kier alpha value is -1.87. The molecule has 1 amide bonds. The summed E-state index contributed by atoms with van der Waals surface area (Å²) in [7, 11) is -3.31. The fraction of sp³-hybridized carbons (Fsp3) is 0.273. The van der Waals surface area contributed by atoms with Gasteiger partial charge in [-0.15, -0.1) is 0 Å². The van der Waals surface area contributed by atoms with E-state index in [9.17, 15) is 13.2 Å². The first-order valence-corrected chi connectivity index (χ1v) is 6.76. The Bertz CT molecular complexity index is 558. The first-order chi connectivity index (χ1) is 7.95. The van der Waals surface area contributed by atoms with Crippen molar-refractivity contribution >= 4 is 15.7 Å². The molecule has 0 aliphatic heterocycles. The molecule has 0 fully saturated rings. The molecule has 17 heavy (non-hydrogen) atoms. The average molecular weight is 252 g/mol. The molecule has 90 valence electrons. The molecule has 0 unspecified atom stereocenters. The van der Waals surface area contributed by atoms with Gasteiger partial charge in [0, 0.05) is 12.8 Å². The molecule has 0 aliphatic carbocycles. The molecule has 0 aromatic heterocycles. The second-order valence-electron chi connectivity index (χ2n) is 3.49. The Morgan fingerprint density at radius 2 is 2.06 bits per heavy atom. The number of nitrogens with one attached hydrogen (secondary N) is 1. The Kier molecular flexibility index (Phi) is 4.24. The van der Waals surface area contributed by atoms with Crippen molar-refractivity contribution in [3.8, 4) is 6.07 Å². The van der Waals surface area contributed by atoms with Gasteiger partial charge in [0.05, 0.1) is 11.0 Å². The highest BCUT2D eigenvalue weighted by molar-refractivity contribution is 7.90. The first-order valence-electron chi connectivity index (χ1n) is 4.87. The summed E-state index contributed by atoms with van der Waals surface area (Å²) in [5, 5.41) is 10.8. The van der Waals surface area contributed by atoms with Crippen LogP contribution >= 0.6 is 0 Å². The summed E-state index contributed by atoms with van der Waals surface area (Å²) in [5.74, 6) is -0.421. The van der Waals surface area contributed by atoms with Crippen LogP contribution in [0.2, 0.25) is 0 Å². The van der Waals surface area contributed by atoms with Crippen molar-refractivity contribution in [1.82, 2.24) is 5.32 Å². The van der Waals surface area contributed by atoms with Gasteiger partial charge in [-0.1, -0.05) is 18.2 Å². The molecule has 0 heterocycles. The van der Waals surface area contributed by atoms with E-state index in [-0.39, 0.29) is 17.9 Å². The first kappa shape index (κ1) is 13.2. The highest BCUT2D eigenvalue weighted by Crippen LogP contribution is 2.14. The normalized spacial score (nSPS) is 10.6. The lowest BCUT2D eigenvalue weighted by Crippen LogP contribution is -2.22. The second kappa shape index (κ2) is 5.46. The Morgan fingerprint density at radius 3 is 2.65 bits per heavy atom. The number of benzene rings is 1. The molecule has 0 radical (unpaired) electrons. The van der Waals surface area contributed by atoms with Crippen LogP contribution < -0.4 is 5.32 Å². The molecule has 0 bridgehead atoms. The molecule has 0 atom stereocenters. The summed E-state index contributed by atoms with van der Waals surface area (Å²) in [6.45, 7) is 0.101. The van der Waals surface area contributed by atoms with E-state index in [1.807, 2.05) is 0 Å². The number of sulfone groups is 1. The fourth-order valence-electron chi connectivity index (χ4n) is 1.34. The molecule has 0 spiro atoms. The predicted molar refractivity (Wildman–Crippen MR) is 61.6 cm³/mol. The van der Waals surface area contributed by atoms with Gasteiger partial charge >= 0.3 is 0 Å². The number of hydrogen-bond donors (Lipinski definition) is 1. The van der Waals surface area contributed by atoms with E-state index in [0.29, 0.717) is 5.56 Å². The van der Waals surface area contributed by atoms with E-state index in [0.717, 1.165) is 6.26 Å². The van der Waals surface area contributed by atoms with Gasteiger partial charge in [-0.3, -0.25) is 4.79 Å². The zero-order valence-electron chi connectivity index (χ0n) is 9.30. The summed E-state index contributed by atoms with van der Waals surface area (Å²) in [6, 6.07) is 8.15. The molecule has 1 N–H and O–H groups in total. The number of rotatable bonds is 4. The summed E-state index contributed by atoms with van der Waals surface area (Å²) in [4.78, 5) is 11.3. The Labute approximate surface area is 100.0 Å². The summed E-state index contributed by atoms with van der Waals surface area (Å²) < 4.78 is 22.9. The van der Waals surface area contributed by atoms with Crippen molar-refractivity contribution in [1.29, 1.82) is 5.26 Å². The molecule has 1 aromatic rings. The summed E-state index contributed by atoms with van der Waals surface area (Å²) in [5.41, 5.74) is 0.515. The Morgan fingerprint density at radius 1 is 1.41 bits per heavy atom. The lowest BCUT2D eigenvalue weighted by Gasteiger charge is -2.08. The van der Waals surface area contributed by atoms with Gasteiger partial charge in [0.25, 0.3) is 0 Å². The van der Waals surface area contributed by atoms with Crippen LogP contribution in [-0.4, -0.2) is 20.6 Å². The highest BCUT2D eigenvalue weighted by atomic mass is 32.2. The predicted octanol–water partition coefficient (Wildman–Crippen LogP) is 0.620. The monoisotopic (exact) mass is 252 g/mol. The smallest absolute Gasteiger partial charge is 0.234 e. The van der Waals surface area contributed by atoms with Crippen molar-refractivity contribution in [2.45, 2.75) is 17.9 Å². The van der Waals surface area contributed by atoms with Gasteiger partial charge in [-0.2, -0.15) is 5.26 Å². The minimum absolute atomic E-state index is 0.101. The van der Waals surface area contributed by atoms with E-state index in [1.54, 1.807) is 24.3 Å². The second-order valence-corrected chi connectivity index (χ2v) is 5.48. The third kappa shape index (κ3) is 3.89. The maximum Gasteiger partial charge on any atom is 0.234 e. The minimum Gasteiger partial charge on any atom is -0.351 e. The van der Waals surface area contributed by atoms with Crippen LogP contribution in [0.3, 0.4) is 0 Å². The number of nitrogens with zero attached hydrogens (tertiary/aromatic N) is 1. The molecule has 1 rings (SSSR count). The average Bonchev–Trinajstić information content (AvgIpc) is 2.26. The van der Waals surface area contributed by atoms with Crippen molar-refractivity contribution < 1.29 is 13.2 Å². The van der Waals surface area contributed by atoms with Gasteiger partial charge in [-0.25, -0.2) is 8.42 Å². The van der Waals surface area contributed by atoms with Crippen molar-refractivity contribution in [3.63, 3.8) is 0 Å². The Balaban J connectivity index is 2.86. The molecule has 0 saturated carbocycles. The van der Waals surface area contributed by atoms with Crippen LogP contribution in [-0.2, 0) is 21.2 Å². The van der Waals surface area contributed by atoms with Crippen LogP contribution in [0.5, 0.6) is 0 Å². The topological polar surface area (TPSA) is 87.0 Å². The molecule has 6 heteroatoms. The van der Waals surface area contributed by atoms with E-state index in [2.05, 4.69) is 5.32 Å². The summed E-state index contributed by atoms with van der Waals surface area (Å²) in [6.07, 6.45) is 0.879. The van der Waals surface area contributed by atoms with Gasteiger partial charge in [0.2, 0.25) is 5.91 Å². The minimum atomic E-state index is -3.31. The van der Waals surface area contributed by atoms with Crippen molar-refractivity contribution in [3.05, 3.63) is 29.8 Å². The van der Waals surface area contributed by atoms with Crippen LogP contribution in [0.15, 0.2) is 29.2 Å². The highest BCUT2D eigenvalue weighted by Gasteiger charge is 2.12. The molecule has 0 saturated heterocycles. The largest absolute Gasteiger partial charge is 0.351 e. The van der Waals surface area contributed by atoms with Gasteiger partial charge in [-0.05, 0) is 11.6 Å². The zero-order valence-corrected chi connectivity index (χ0v) is 10.1. The third-order valence-corrected chi connectivity index (χ3v) is 3.28. The van der Waals surface area contributed by atoms with Crippen LogP contribution in [0.25, 0.3) is 0 Å². The van der Waals surface area contributed by atoms with E-state index < -0.39 is 15.7 Å². The zero-order chi connectivity index (χ0) is 12.9. The summed E-state index contributed by atoms with van der Waals surface area (Å²) >= 11 is 0. The molecule has 1 aromatic carbocycles. The molecular formula is C11H12N2O3S. The number of nitriles is 1. The van der Waals surface area contributed by atoms with Crippen LogP contribution in [0, 0.1) is 11.3 Å². The lowest BCUT2D eigenvalue weighted by atomic mass is 10.2. The molecule has 0 aliphatic rings. The van der Waals surface area contributed by atoms with Crippen molar-refractivity contribution in [2.24, 2.45) is 0 Å². The molecule has 5 nitrogen and oxygen atoms in total. The number of carbonyl (C=O) groups is 1. The van der Waals surface area contributed by atoms with E-state index in [4.69, 9.17) is 5.26 Å². The SMILES string of the molecule is CS(=O)(=O)c1ccccc1CNC(=O)CC#N. The lowest BCUT2D eigenvalue weighted by molar-refractivity contribution is -0.120. The quantitative estimate of drug-likeness (QED) is 0.851. The third-order valence-electron chi connectivity index (χ3n) is 2.09. The van der Waals surface area contributed by atoms with Gasteiger partial charge in [0.15, 0.2) is 9.84 Å². The maximum absolute atomic E-state index is 11.5. The van der Waals surface area contributed by atoms with Gasteiger partial charge < -0.3 is 5.32 Å². The fourth-order valence-corrected chi connectivity index (χ4v) is 2.28. The van der Waals surface area contributed by atoms with Crippen LogP contribution in [0.1, 0.15) is 12.0 Å². The standard InChI is InChI=1S/C11H12N2O3S/c1-17(15,16)10-5-3-2-4-9(10)8-13-11(14)6-7-12/h2-5H,6,8H2,1H3,(H,13,14). The van der Waals surface area contributed by atoms with Crippen LogP contribution in [0.4, 0.5) is 0 Å². The molecular weight excluding hydrogens is 240 g/mol. The van der Waals surface area contributed by atoms with E-state index >= 15 is 0 Å². The number of hydrogen-bond acceptors (Lipinski definition) is 4. The maximum atomic E-state index is 11.5. The van der Waals surface area contributed by atoms with Gasteiger partial charge in [0.1, 0.15) is 6.42 Å². The number of carbonyl (C=O) groups excluding carboxylic acids is 1. The van der Waals surface area contributed by atoms with E-state index in [1.165, 1.54) is 6.07 Å². The number of amides is 1.